The summed E-state index contributed by atoms with van der Waals surface area (Å²) in [5, 5.41) is 11.4. The third-order valence-corrected chi connectivity index (χ3v) is 3.06. The molecule has 1 N–H and O–H groups in total. The number of nitrogens with one attached hydrogen (secondary N) is 1. The standard InChI is InChI=1S/C18H16N2O2/c1-22-17-5-3-2-4-15(17)8-11-18(21)20-16-9-6-14(7-10-16)12-13-19/h2-11H,12H2,1H3,(H,20,21). The molecule has 0 saturated carbocycles. The summed E-state index contributed by atoms with van der Waals surface area (Å²) in [6.07, 6.45) is 3.53. The van der Waals surface area contributed by atoms with E-state index in [0.717, 1.165) is 11.1 Å². The molecule has 4 heteroatoms. The first-order valence-corrected chi connectivity index (χ1v) is 6.81. The number of carbonyl (C=O) groups excluding carboxylic acids is 1. The van der Waals surface area contributed by atoms with Gasteiger partial charge in [-0.15, -0.1) is 0 Å². The number of methoxy groups -OCH3 is 1. The van der Waals surface area contributed by atoms with Crippen LogP contribution in [0.2, 0.25) is 0 Å². The molecule has 0 bridgehead atoms. The number of amides is 1. The molecule has 0 radical (unpaired) electrons. The fourth-order valence-corrected chi connectivity index (χ4v) is 1.95. The maximum atomic E-state index is 11.9. The molecule has 2 rings (SSSR count). The summed E-state index contributed by atoms with van der Waals surface area (Å²) in [5.41, 5.74) is 2.45. The quantitative estimate of drug-likeness (QED) is 0.859. The average molecular weight is 292 g/mol. The highest BCUT2D eigenvalue weighted by Gasteiger charge is 2.01. The number of hydrogen-bond donors (Lipinski definition) is 1. The van der Waals surface area contributed by atoms with Crippen molar-refractivity contribution in [2.24, 2.45) is 0 Å². The van der Waals surface area contributed by atoms with Crippen molar-refractivity contribution in [2.75, 3.05) is 12.4 Å². The molecule has 0 aliphatic rings. The summed E-state index contributed by atoms with van der Waals surface area (Å²) >= 11 is 0. The van der Waals surface area contributed by atoms with Gasteiger partial charge >= 0.3 is 0 Å². The van der Waals surface area contributed by atoms with Crippen LogP contribution in [0.15, 0.2) is 54.6 Å². The van der Waals surface area contributed by atoms with Crippen LogP contribution in [0, 0.1) is 11.3 Å². The van der Waals surface area contributed by atoms with Gasteiger partial charge in [-0.2, -0.15) is 5.26 Å². The largest absolute Gasteiger partial charge is 0.496 e. The molecule has 0 heterocycles. The Morgan fingerprint density at radius 3 is 2.64 bits per heavy atom. The normalized spacial score (nSPS) is 10.2. The SMILES string of the molecule is COc1ccccc1C=CC(=O)Nc1ccc(CC#N)cc1. The van der Waals surface area contributed by atoms with Gasteiger partial charge in [0.1, 0.15) is 5.75 Å². The van der Waals surface area contributed by atoms with E-state index in [2.05, 4.69) is 11.4 Å². The Bertz CT molecular complexity index is 713. The lowest BCUT2D eigenvalue weighted by molar-refractivity contribution is -0.111. The highest BCUT2D eigenvalue weighted by Crippen LogP contribution is 2.18. The topological polar surface area (TPSA) is 62.1 Å². The number of rotatable bonds is 5. The third-order valence-electron chi connectivity index (χ3n) is 3.06. The average Bonchev–Trinajstić information content (AvgIpc) is 2.55. The molecule has 2 aromatic rings. The molecule has 0 aliphatic heterocycles. The third kappa shape index (κ3) is 4.22. The van der Waals surface area contributed by atoms with Gasteiger partial charge in [-0.25, -0.2) is 0 Å². The van der Waals surface area contributed by atoms with Crippen LogP contribution in [0.3, 0.4) is 0 Å². The van der Waals surface area contributed by atoms with E-state index >= 15 is 0 Å². The first-order valence-electron chi connectivity index (χ1n) is 6.81. The van der Waals surface area contributed by atoms with E-state index < -0.39 is 0 Å². The van der Waals surface area contributed by atoms with Crippen LogP contribution in [-0.4, -0.2) is 13.0 Å². The molecule has 0 fully saturated rings. The molecular formula is C18H16N2O2. The molecule has 0 unspecified atom stereocenters. The molecular weight excluding hydrogens is 276 g/mol. The lowest BCUT2D eigenvalue weighted by Crippen LogP contribution is -2.07. The van der Waals surface area contributed by atoms with Crippen molar-refractivity contribution in [1.29, 1.82) is 5.26 Å². The Morgan fingerprint density at radius 2 is 1.95 bits per heavy atom. The van der Waals surface area contributed by atoms with Crippen molar-refractivity contribution in [3.8, 4) is 11.8 Å². The fraction of sp³-hybridized carbons (Fsp3) is 0.111. The first-order chi connectivity index (χ1) is 10.7. The zero-order chi connectivity index (χ0) is 15.8. The monoisotopic (exact) mass is 292 g/mol. The van der Waals surface area contributed by atoms with E-state index in [1.165, 1.54) is 6.08 Å². The van der Waals surface area contributed by atoms with Gasteiger partial charge in [0.05, 0.1) is 19.6 Å². The second kappa shape index (κ2) is 7.65. The van der Waals surface area contributed by atoms with E-state index in [1.54, 1.807) is 25.3 Å². The van der Waals surface area contributed by atoms with Gasteiger partial charge in [0.25, 0.3) is 0 Å². The maximum absolute atomic E-state index is 11.9. The zero-order valence-corrected chi connectivity index (χ0v) is 12.2. The summed E-state index contributed by atoms with van der Waals surface area (Å²) in [5.74, 6) is 0.492. The van der Waals surface area contributed by atoms with Crippen LogP contribution in [-0.2, 0) is 11.2 Å². The van der Waals surface area contributed by atoms with Gasteiger partial charge in [0.2, 0.25) is 5.91 Å². The highest BCUT2D eigenvalue weighted by atomic mass is 16.5. The number of nitriles is 1. The Morgan fingerprint density at radius 1 is 1.23 bits per heavy atom. The molecule has 1 amide bonds. The summed E-state index contributed by atoms with van der Waals surface area (Å²) < 4.78 is 5.22. The second-order valence-corrected chi connectivity index (χ2v) is 4.60. The molecule has 0 aromatic heterocycles. The van der Waals surface area contributed by atoms with E-state index in [1.807, 2.05) is 36.4 Å². The Kier molecular flexibility index (Phi) is 5.33. The zero-order valence-electron chi connectivity index (χ0n) is 12.2. The van der Waals surface area contributed by atoms with Crippen LogP contribution in [0.1, 0.15) is 11.1 Å². The van der Waals surface area contributed by atoms with Crippen molar-refractivity contribution < 1.29 is 9.53 Å². The summed E-state index contributed by atoms with van der Waals surface area (Å²) in [4.78, 5) is 11.9. The minimum Gasteiger partial charge on any atom is -0.496 e. The minimum absolute atomic E-state index is 0.223. The molecule has 0 saturated heterocycles. The molecule has 0 aliphatic carbocycles. The van der Waals surface area contributed by atoms with E-state index in [9.17, 15) is 4.79 Å². The number of para-hydroxylation sites is 1. The summed E-state index contributed by atoms with van der Waals surface area (Å²) in [6.45, 7) is 0. The predicted molar refractivity (Wildman–Crippen MR) is 86.4 cm³/mol. The van der Waals surface area contributed by atoms with Gasteiger partial charge in [-0.1, -0.05) is 30.3 Å². The fourth-order valence-electron chi connectivity index (χ4n) is 1.95. The molecule has 110 valence electrons. The van der Waals surface area contributed by atoms with E-state index in [4.69, 9.17) is 10.00 Å². The lowest BCUT2D eigenvalue weighted by Gasteiger charge is -2.04. The lowest BCUT2D eigenvalue weighted by atomic mass is 10.1. The van der Waals surface area contributed by atoms with Crippen molar-refractivity contribution in [3.63, 3.8) is 0 Å². The highest BCUT2D eigenvalue weighted by molar-refractivity contribution is 6.02. The predicted octanol–water partition coefficient (Wildman–Crippen LogP) is 3.41. The number of ether oxygens (including phenoxy) is 1. The van der Waals surface area contributed by atoms with Crippen molar-refractivity contribution in [3.05, 3.63) is 65.7 Å². The van der Waals surface area contributed by atoms with Crippen LogP contribution in [0.25, 0.3) is 6.08 Å². The van der Waals surface area contributed by atoms with E-state index in [-0.39, 0.29) is 5.91 Å². The Labute approximate surface area is 129 Å². The van der Waals surface area contributed by atoms with Crippen molar-refractivity contribution >= 4 is 17.7 Å². The Hall–Kier alpha value is -3.06. The van der Waals surface area contributed by atoms with Crippen molar-refractivity contribution in [1.82, 2.24) is 0 Å². The van der Waals surface area contributed by atoms with Crippen LogP contribution in [0.4, 0.5) is 5.69 Å². The van der Waals surface area contributed by atoms with Crippen LogP contribution >= 0.6 is 0 Å². The number of nitrogens with zero attached hydrogens (tertiary/aromatic N) is 1. The number of benzene rings is 2. The van der Waals surface area contributed by atoms with Crippen LogP contribution in [0.5, 0.6) is 5.75 Å². The van der Waals surface area contributed by atoms with Gasteiger partial charge in [-0.05, 0) is 29.8 Å². The minimum atomic E-state index is -0.223. The number of hydrogen-bond acceptors (Lipinski definition) is 3. The van der Waals surface area contributed by atoms with Crippen molar-refractivity contribution in [2.45, 2.75) is 6.42 Å². The smallest absolute Gasteiger partial charge is 0.248 e. The maximum Gasteiger partial charge on any atom is 0.248 e. The first kappa shape index (κ1) is 15.3. The van der Waals surface area contributed by atoms with Gasteiger partial charge in [-0.3, -0.25) is 4.79 Å². The summed E-state index contributed by atoms with van der Waals surface area (Å²) in [6, 6.07) is 16.8. The molecule has 0 spiro atoms. The van der Waals surface area contributed by atoms with Gasteiger partial charge < -0.3 is 10.1 Å². The number of carbonyl (C=O) groups is 1. The van der Waals surface area contributed by atoms with Gasteiger partial charge in [0.15, 0.2) is 0 Å². The summed E-state index contributed by atoms with van der Waals surface area (Å²) in [7, 11) is 1.59. The molecule has 22 heavy (non-hydrogen) atoms. The second-order valence-electron chi connectivity index (χ2n) is 4.60. The molecule has 2 aromatic carbocycles. The van der Waals surface area contributed by atoms with Crippen LogP contribution < -0.4 is 10.1 Å². The molecule has 0 atom stereocenters. The number of anilines is 1. The van der Waals surface area contributed by atoms with E-state index in [0.29, 0.717) is 17.9 Å². The molecule has 4 nitrogen and oxygen atoms in total. The van der Waals surface area contributed by atoms with Gasteiger partial charge in [0, 0.05) is 17.3 Å². The Balaban J connectivity index is 2.00.